The predicted molar refractivity (Wildman–Crippen MR) is 99.7 cm³/mol. The van der Waals surface area contributed by atoms with Gasteiger partial charge in [-0.15, -0.1) is 0 Å². The topological polar surface area (TPSA) is 55.0 Å². The van der Waals surface area contributed by atoms with Crippen molar-refractivity contribution in [2.45, 2.75) is 0 Å². The van der Waals surface area contributed by atoms with E-state index in [2.05, 4.69) is 9.97 Å². The molecule has 128 valence electrons. The molecule has 0 amide bonds. The summed E-state index contributed by atoms with van der Waals surface area (Å²) in [5.41, 5.74) is 2.71. The minimum Gasteiger partial charge on any atom is -0.496 e. The number of ether oxygens (including phenoxy) is 1. The number of para-hydroxylation sites is 1. The number of nitrogens with zero attached hydrogens (tertiary/aromatic N) is 1. The predicted octanol–water partition coefficient (Wildman–Crippen LogP) is 4.40. The number of H-pyrrole nitrogens is 1. The van der Waals surface area contributed by atoms with Crippen LogP contribution in [0.25, 0.3) is 33.4 Å². The van der Waals surface area contributed by atoms with Crippen LogP contribution in [0.5, 0.6) is 5.75 Å². The number of nitrogens with one attached hydrogen (secondary N) is 1. The van der Waals surface area contributed by atoms with Gasteiger partial charge in [0.2, 0.25) is 0 Å². The third-order valence-corrected chi connectivity index (χ3v) is 4.24. The second-order valence-electron chi connectivity index (χ2n) is 5.85. The zero-order valence-corrected chi connectivity index (χ0v) is 14.0. The Bertz CT molecular complexity index is 1150. The fraction of sp³-hybridized carbons (Fsp3) is 0.0476. The Morgan fingerprint density at radius 3 is 2.46 bits per heavy atom. The van der Waals surface area contributed by atoms with Gasteiger partial charge >= 0.3 is 0 Å². The zero-order valence-electron chi connectivity index (χ0n) is 14.0. The summed E-state index contributed by atoms with van der Waals surface area (Å²) in [6.45, 7) is 0. The van der Waals surface area contributed by atoms with Gasteiger partial charge in [-0.1, -0.05) is 36.4 Å². The zero-order chi connectivity index (χ0) is 18.1. The maximum atomic E-state index is 13.6. The van der Waals surface area contributed by atoms with E-state index < -0.39 is 0 Å². The Kier molecular flexibility index (Phi) is 3.97. The van der Waals surface area contributed by atoms with Crippen LogP contribution >= 0.6 is 0 Å². The number of methoxy groups -OCH3 is 1. The van der Waals surface area contributed by atoms with Crippen molar-refractivity contribution in [1.29, 1.82) is 0 Å². The minimum atomic E-state index is -0.328. The second-order valence-corrected chi connectivity index (χ2v) is 5.85. The van der Waals surface area contributed by atoms with Crippen LogP contribution in [-0.4, -0.2) is 17.1 Å². The first-order chi connectivity index (χ1) is 12.7. The molecule has 5 heteroatoms. The highest BCUT2D eigenvalue weighted by molar-refractivity contribution is 5.80. The van der Waals surface area contributed by atoms with Gasteiger partial charge in [0, 0.05) is 11.1 Å². The molecule has 4 rings (SSSR count). The molecule has 0 saturated carbocycles. The van der Waals surface area contributed by atoms with Gasteiger partial charge in [-0.2, -0.15) is 0 Å². The molecule has 0 aliphatic heterocycles. The molecule has 0 fully saturated rings. The molecule has 0 aliphatic carbocycles. The van der Waals surface area contributed by atoms with Crippen LogP contribution in [0.1, 0.15) is 0 Å². The molecule has 4 nitrogen and oxygen atoms in total. The van der Waals surface area contributed by atoms with Crippen LogP contribution in [0, 0.1) is 5.82 Å². The Hall–Kier alpha value is -3.47. The number of fused-ring (bicyclic) bond motifs is 1. The molecule has 26 heavy (non-hydrogen) atoms. The van der Waals surface area contributed by atoms with Gasteiger partial charge in [0.05, 0.1) is 18.0 Å². The van der Waals surface area contributed by atoms with Crippen molar-refractivity contribution in [3.05, 3.63) is 82.9 Å². The second kappa shape index (κ2) is 6.44. The number of aromatic nitrogens is 2. The molecule has 1 heterocycles. The monoisotopic (exact) mass is 346 g/mol. The summed E-state index contributed by atoms with van der Waals surface area (Å²) in [6, 6.07) is 19.0. The SMILES string of the molecule is COc1ccc(F)cc1-c1ccc(-c2nc3ccccc3c(=O)[nH]2)cc1. The number of benzene rings is 3. The lowest BCUT2D eigenvalue weighted by Gasteiger charge is -2.10. The van der Waals surface area contributed by atoms with E-state index in [-0.39, 0.29) is 11.4 Å². The molecule has 0 aliphatic rings. The average molecular weight is 346 g/mol. The molecule has 0 saturated heterocycles. The Balaban J connectivity index is 1.77. The van der Waals surface area contributed by atoms with Crippen molar-refractivity contribution in [2.75, 3.05) is 7.11 Å². The molecule has 0 atom stereocenters. The van der Waals surface area contributed by atoms with Crippen molar-refractivity contribution in [1.82, 2.24) is 9.97 Å². The van der Waals surface area contributed by atoms with Crippen LogP contribution in [-0.2, 0) is 0 Å². The van der Waals surface area contributed by atoms with Crippen LogP contribution in [0.4, 0.5) is 4.39 Å². The van der Waals surface area contributed by atoms with Crippen LogP contribution in [0.3, 0.4) is 0 Å². The van der Waals surface area contributed by atoms with E-state index in [1.54, 1.807) is 31.4 Å². The van der Waals surface area contributed by atoms with Crippen molar-refractivity contribution in [2.24, 2.45) is 0 Å². The van der Waals surface area contributed by atoms with Crippen LogP contribution in [0.15, 0.2) is 71.5 Å². The lowest BCUT2D eigenvalue weighted by atomic mass is 10.0. The maximum Gasteiger partial charge on any atom is 0.259 e. The Morgan fingerprint density at radius 1 is 0.962 bits per heavy atom. The van der Waals surface area contributed by atoms with Gasteiger partial charge in [0.25, 0.3) is 5.56 Å². The molecule has 0 spiro atoms. The molecule has 3 aromatic carbocycles. The highest BCUT2D eigenvalue weighted by Crippen LogP contribution is 2.31. The smallest absolute Gasteiger partial charge is 0.259 e. The number of halogens is 1. The van der Waals surface area contributed by atoms with Gasteiger partial charge in [0.1, 0.15) is 17.4 Å². The number of rotatable bonds is 3. The molecular formula is C21H15FN2O2. The average Bonchev–Trinajstić information content (AvgIpc) is 2.68. The molecular weight excluding hydrogens is 331 g/mol. The van der Waals surface area contributed by atoms with Crippen LogP contribution < -0.4 is 10.3 Å². The van der Waals surface area contributed by atoms with Crippen LogP contribution in [0.2, 0.25) is 0 Å². The largest absolute Gasteiger partial charge is 0.496 e. The summed E-state index contributed by atoms with van der Waals surface area (Å²) < 4.78 is 18.9. The Labute approximate surface area is 148 Å². The van der Waals surface area contributed by atoms with Gasteiger partial charge < -0.3 is 9.72 Å². The summed E-state index contributed by atoms with van der Waals surface area (Å²) in [4.78, 5) is 19.6. The summed E-state index contributed by atoms with van der Waals surface area (Å²) in [5.74, 6) is 0.758. The van der Waals surface area contributed by atoms with E-state index in [1.165, 1.54) is 12.1 Å². The number of aromatic amines is 1. The molecule has 0 radical (unpaired) electrons. The fourth-order valence-electron chi connectivity index (χ4n) is 2.94. The standard InChI is InChI=1S/C21H15FN2O2/c1-26-19-11-10-15(22)12-17(19)13-6-8-14(9-7-13)20-23-18-5-3-2-4-16(18)21(25)24-20/h2-12H,1H3,(H,23,24,25). The van der Waals surface area contributed by atoms with Gasteiger partial charge in [0.15, 0.2) is 0 Å². The first-order valence-corrected chi connectivity index (χ1v) is 8.09. The highest BCUT2D eigenvalue weighted by Gasteiger charge is 2.09. The summed E-state index contributed by atoms with van der Waals surface area (Å²) >= 11 is 0. The lowest BCUT2D eigenvalue weighted by Crippen LogP contribution is -2.09. The molecule has 0 bridgehead atoms. The molecule has 1 aromatic heterocycles. The Morgan fingerprint density at radius 2 is 1.69 bits per heavy atom. The first kappa shape index (κ1) is 16.0. The van der Waals surface area contributed by atoms with Crippen molar-refractivity contribution in [3.8, 4) is 28.3 Å². The van der Waals surface area contributed by atoms with Crippen molar-refractivity contribution >= 4 is 10.9 Å². The van der Waals surface area contributed by atoms with E-state index in [1.807, 2.05) is 30.3 Å². The fourth-order valence-corrected chi connectivity index (χ4v) is 2.94. The third kappa shape index (κ3) is 2.84. The lowest BCUT2D eigenvalue weighted by molar-refractivity contribution is 0.415. The van der Waals surface area contributed by atoms with E-state index in [0.29, 0.717) is 28.0 Å². The van der Waals surface area contributed by atoms with E-state index in [4.69, 9.17) is 4.74 Å². The third-order valence-electron chi connectivity index (χ3n) is 4.24. The van der Waals surface area contributed by atoms with E-state index in [9.17, 15) is 9.18 Å². The maximum absolute atomic E-state index is 13.6. The highest BCUT2D eigenvalue weighted by atomic mass is 19.1. The number of hydrogen-bond donors (Lipinski definition) is 1. The normalized spacial score (nSPS) is 10.8. The van der Waals surface area contributed by atoms with E-state index >= 15 is 0 Å². The quantitative estimate of drug-likeness (QED) is 0.598. The number of hydrogen-bond acceptors (Lipinski definition) is 3. The summed E-state index contributed by atoms with van der Waals surface area (Å²) in [7, 11) is 1.55. The molecule has 1 N–H and O–H groups in total. The minimum absolute atomic E-state index is 0.179. The van der Waals surface area contributed by atoms with Gasteiger partial charge in [-0.3, -0.25) is 4.79 Å². The molecule has 4 aromatic rings. The van der Waals surface area contributed by atoms with Gasteiger partial charge in [-0.05, 0) is 35.9 Å². The van der Waals surface area contributed by atoms with E-state index in [0.717, 1.165) is 11.1 Å². The van der Waals surface area contributed by atoms with Crippen molar-refractivity contribution < 1.29 is 9.13 Å². The summed E-state index contributed by atoms with van der Waals surface area (Å²) in [5, 5.41) is 0.553. The summed E-state index contributed by atoms with van der Waals surface area (Å²) in [6.07, 6.45) is 0. The molecule has 0 unspecified atom stereocenters. The van der Waals surface area contributed by atoms with Gasteiger partial charge in [-0.25, -0.2) is 9.37 Å². The first-order valence-electron chi connectivity index (χ1n) is 8.09. The van der Waals surface area contributed by atoms with Crippen molar-refractivity contribution in [3.63, 3.8) is 0 Å².